The van der Waals surface area contributed by atoms with Crippen LogP contribution in [-0.4, -0.2) is 33.8 Å². The van der Waals surface area contributed by atoms with Crippen molar-refractivity contribution >= 4 is 5.96 Å². The lowest BCUT2D eigenvalue weighted by molar-refractivity contribution is 0.491. The van der Waals surface area contributed by atoms with Crippen LogP contribution in [-0.2, 0) is 13.6 Å². The quantitative estimate of drug-likeness (QED) is 0.589. The summed E-state index contributed by atoms with van der Waals surface area (Å²) >= 11 is 0. The molecule has 1 aromatic rings. The van der Waals surface area contributed by atoms with E-state index in [2.05, 4.69) is 46.5 Å². The molecule has 0 bridgehead atoms. The number of hydrogen-bond donors (Lipinski definition) is 2. The predicted octanol–water partition coefficient (Wildman–Crippen LogP) is 1.69. The smallest absolute Gasteiger partial charge is 0.191 e. The molecule has 0 radical (unpaired) electrons. The molecule has 1 aromatic heterocycles. The van der Waals surface area contributed by atoms with E-state index in [-0.39, 0.29) is 0 Å². The van der Waals surface area contributed by atoms with Gasteiger partial charge in [0.2, 0.25) is 0 Å². The largest absolute Gasteiger partial charge is 0.354 e. The van der Waals surface area contributed by atoms with Crippen LogP contribution in [0.5, 0.6) is 0 Å². The van der Waals surface area contributed by atoms with Crippen LogP contribution >= 0.6 is 0 Å². The van der Waals surface area contributed by atoms with Gasteiger partial charge in [-0.15, -0.1) is 0 Å². The number of nitrogens with zero attached hydrogens (tertiary/aromatic N) is 4. The molecular formula is C14H28N6. The van der Waals surface area contributed by atoms with Gasteiger partial charge in [0.25, 0.3) is 0 Å². The third kappa shape index (κ3) is 6.04. The third-order valence-electron chi connectivity index (χ3n) is 3.24. The van der Waals surface area contributed by atoms with Crippen molar-refractivity contribution in [3.05, 3.63) is 12.2 Å². The highest BCUT2D eigenvalue weighted by Gasteiger charge is 2.07. The number of nitrogens with one attached hydrogen (secondary N) is 2. The Bertz CT molecular complexity index is 410. The van der Waals surface area contributed by atoms with Crippen LogP contribution in [0.25, 0.3) is 0 Å². The number of aromatic nitrogens is 3. The van der Waals surface area contributed by atoms with E-state index in [1.165, 1.54) is 12.8 Å². The van der Waals surface area contributed by atoms with Crippen LogP contribution < -0.4 is 10.6 Å². The molecular weight excluding hydrogens is 252 g/mol. The second-order valence-electron chi connectivity index (χ2n) is 5.60. The fourth-order valence-electron chi connectivity index (χ4n) is 1.98. The zero-order valence-corrected chi connectivity index (χ0v) is 13.3. The second-order valence-corrected chi connectivity index (χ2v) is 5.60. The van der Waals surface area contributed by atoms with Crippen LogP contribution in [0, 0.1) is 5.92 Å². The monoisotopic (exact) mass is 280 g/mol. The first-order valence-corrected chi connectivity index (χ1v) is 7.33. The molecule has 6 nitrogen and oxygen atoms in total. The summed E-state index contributed by atoms with van der Waals surface area (Å²) in [7, 11) is 3.67. The van der Waals surface area contributed by atoms with Gasteiger partial charge in [-0.1, -0.05) is 26.7 Å². The molecule has 0 saturated carbocycles. The first kappa shape index (κ1) is 16.5. The number of hydrogen-bond acceptors (Lipinski definition) is 3. The SMILES string of the molecule is CN=C(NCc1ncnn1C)NC(C)CCCC(C)C. The molecule has 0 aliphatic rings. The van der Waals surface area contributed by atoms with Crippen molar-refractivity contribution < 1.29 is 0 Å². The summed E-state index contributed by atoms with van der Waals surface area (Å²) in [5.41, 5.74) is 0. The summed E-state index contributed by atoms with van der Waals surface area (Å²) in [5, 5.41) is 10.7. The van der Waals surface area contributed by atoms with E-state index in [4.69, 9.17) is 0 Å². The van der Waals surface area contributed by atoms with Crippen LogP contribution in [0.3, 0.4) is 0 Å². The Morgan fingerprint density at radius 1 is 1.35 bits per heavy atom. The van der Waals surface area contributed by atoms with Gasteiger partial charge in [0.1, 0.15) is 12.2 Å². The third-order valence-corrected chi connectivity index (χ3v) is 3.24. The van der Waals surface area contributed by atoms with E-state index in [0.717, 1.165) is 24.1 Å². The van der Waals surface area contributed by atoms with Gasteiger partial charge < -0.3 is 10.6 Å². The van der Waals surface area contributed by atoms with Gasteiger partial charge in [0, 0.05) is 20.1 Å². The van der Waals surface area contributed by atoms with Crippen molar-refractivity contribution in [1.29, 1.82) is 0 Å². The number of rotatable bonds is 7. The number of aryl methyl sites for hydroxylation is 1. The first-order chi connectivity index (χ1) is 9.52. The summed E-state index contributed by atoms with van der Waals surface area (Å²) in [5.74, 6) is 2.47. The number of guanidine groups is 1. The Morgan fingerprint density at radius 3 is 2.65 bits per heavy atom. The van der Waals surface area contributed by atoms with Crippen molar-refractivity contribution in [2.75, 3.05) is 7.05 Å². The fourth-order valence-corrected chi connectivity index (χ4v) is 1.98. The van der Waals surface area contributed by atoms with Gasteiger partial charge in [-0.05, 0) is 19.3 Å². The highest BCUT2D eigenvalue weighted by molar-refractivity contribution is 5.79. The molecule has 1 unspecified atom stereocenters. The maximum absolute atomic E-state index is 4.24. The molecule has 114 valence electrons. The van der Waals surface area contributed by atoms with E-state index >= 15 is 0 Å². The molecule has 0 aromatic carbocycles. The molecule has 0 aliphatic heterocycles. The lowest BCUT2D eigenvalue weighted by atomic mass is 10.0. The van der Waals surface area contributed by atoms with Gasteiger partial charge in [0.05, 0.1) is 6.54 Å². The van der Waals surface area contributed by atoms with E-state index < -0.39 is 0 Å². The normalized spacial score (nSPS) is 13.6. The minimum atomic E-state index is 0.416. The van der Waals surface area contributed by atoms with E-state index in [1.807, 2.05) is 7.05 Å². The van der Waals surface area contributed by atoms with Gasteiger partial charge in [-0.2, -0.15) is 5.10 Å². The minimum Gasteiger partial charge on any atom is -0.354 e. The lowest BCUT2D eigenvalue weighted by Crippen LogP contribution is -2.42. The molecule has 0 aliphatic carbocycles. The second kappa shape index (κ2) is 8.55. The van der Waals surface area contributed by atoms with Gasteiger partial charge in [-0.25, -0.2) is 4.98 Å². The Kier molecular flexibility index (Phi) is 7.04. The van der Waals surface area contributed by atoms with Crippen LogP contribution in [0.15, 0.2) is 11.3 Å². The van der Waals surface area contributed by atoms with Gasteiger partial charge >= 0.3 is 0 Å². The Hall–Kier alpha value is -1.59. The van der Waals surface area contributed by atoms with Crippen molar-refractivity contribution in [3.8, 4) is 0 Å². The molecule has 0 saturated heterocycles. The van der Waals surface area contributed by atoms with Crippen LogP contribution in [0.1, 0.15) is 45.9 Å². The van der Waals surface area contributed by atoms with Gasteiger partial charge in [-0.3, -0.25) is 9.67 Å². The molecule has 1 heterocycles. The average molecular weight is 280 g/mol. The van der Waals surface area contributed by atoms with Crippen LogP contribution in [0.4, 0.5) is 0 Å². The maximum Gasteiger partial charge on any atom is 0.191 e. The fraction of sp³-hybridized carbons (Fsp3) is 0.786. The highest BCUT2D eigenvalue weighted by atomic mass is 15.3. The molecule has 0 fully saturated rings. The van der Waals surface area contributed by atoms with Crippen molar-refractivity contribution in [2.24, 2.45) is 18.0 Å². The molecule has 2 N–H and O–H groups in total. The van der Waals surface area contributed by atoms with E-state index in [9.17, 15) is 0 Å². The molecule has 6 heteroatoms. The van der Waals surface area contributed by atoms with Gasteiger partial charge in [0.15, 0.2) is 5.96 Å². The average Bonchev–Trinajstić information content (AvgIpc) is 2.79. The molecule has 1 rings (SSSR count). The standard InChI is InChI=1S/C14H28N6/c1-11(2)7-6-8-12(3)19-14(15-4)16-9-13-17-10-18-20(13)5/h10-12H,6-9H2,1-5H3,(H2,15,16,19). The molecule has 0 amide bonds. The number of aliphatic imine (C=N–C) groups is 1. The first-order valence-electron chi connectivity index (χ1n) is 7.33. The summed E-state index contributed by atoms with van der Waals surface area (Å²) in [6, 6.07) is 0.416. The Balaban J connectivity index is 2.30. The van der Waals surface area contributed by atoms with E-state index in [0.29, 0.717) is 12.6 Å². The maximum atomic E-state index is 4.24. The Labute approximate surface area is 122 Å². The summed E-state index contributed by atoms with van der Waals surface area (Å²) in [6.07, 6.45) is 5.23. The van der Waals surface area contributed by atoms with E-state index in [1.54, 1.807) is 18.1 Å². The Morgan fingerprint density at radius 2 is 2.10 bits per heavy atom. The van der Waals surface area contributed by atoms with Crippen molar-refractivity contribution in [1.82, 2.24) is 25.4 Å². The zero-order valence-electron chi connectivity index (χ0n) is 13.3. The molecule has 1 atom stereocenters. The summed E-state index contributed by atoms with van der Waals surface area (Å²) < 4.78 is 1.76. The minimum absolute atomic E-state index is 0.416. The van der Waals surface area contributed by atoms with Crippen LogP contribution in [0.2, 0.25) is 0 Å². The molecule has 20 heavy (non-hydrogen) atoms. The van der Waals surface area contributed by atoms with Crippen molar-refractivity contribution in [2.45, 2.75) is 52.6 Å². The lowest BCUT2D eigenvalue weighted by Gasteiger charge is -2.18. The summed E-state index contributed by atoms with van der Waals surface area (Å²) in [4.78, 5) is 8.41. The summed E-state index contributed by atoms with van der Waals surface area (Å²) in [6.45, 7) is 7.34. The highest BCUT2D eigenvalue weighted by Crippen LogP contribution is 2.08. The zero-order chi connectivity index (χ0) is 15.0. The molecule has 0 spiro atoms. The topological polar surface area (TPSA) is 67.1 Å². The predicted molar refractivity (Wildman–Crippen MR) is 82.5 cm³/mol. The van der Waals surface area contributed by atoms with Crippen molar-refractivity contribution in [3.63, 3.8) is 0 Å².